The summed E-state index contributed by atoms with van der Waals surface area (Å²) in [7, 11) is 0. The highest BCUT2D eigenvalue weighted by Crippen LogP contribution is 2.23. The van der Waals surface area contributed by atoms with E-state index < -0.39 is 0 Å². The van der Waals surface area contributed by atoms with Crippen LogP contribution in [-0.4, -0.2) is 30.6 Å². The number of para-hydroxylation sites is 2. The van der Waals surface area contributed by atoms with Crippen molar-refractivity contribution in [1.82, 2.24) is 30.0 Å². The molecule has 0 atom stereocenters. The van der Waals surface area contributed by atoms with E-state index in [-0.39, 0.29) is 5.91 Å². The van der Waals surface area contributed by atoms with Crippen molar-refractivity contribution in [1.29, 1.82) is 0 Å². The molecule has 0 spiro atoms. The molecule has 5 aromatic rings. The average Bonchev–Trinajstić information content (AvgIpc) is 3.46. The van der Waals surface area contributed by atoms with Gasteiger partial charge in [-0.1, -0.05) is 42.5 Å². The van der Waals surface area contributed by atoms with E-state index in [0.717, 1.165) is 33.4 Å². The second kappa shape index (κ2) is 9.32. The van der Waals surface area contributed by atoms with E-state index in [9.17, 15) is 4.79 Å². The number of nitrogens with one attached hydrogen (secondary N) is 2. The van der Waals surface area contributed by atoms with Gasteiger partial charge in [-0.25, -0.2) is 4.98 Å². The van der Waals surface area contributed by atoms with Crippen molar-refractivity contribution >= 4 is 23.0 Å². The number of nitrogens with zero attached hydrogens (tertiary/aromatic N) is 4. The van der Waals surface area contributed by atoms with Gasteiger partial charge in [0.15, 0.2) is 0 Å². The van der Waals surface area contributed by atoms with Crippen LogP contribution in [0.3, 0.4) is 0 Å². The third kappa shape index (κ3) is 4.88. The second-order valence-electron chi connectivity index (χ2n) is 7.61. The topological polar surface area (TPSA) is 88.5 Å². The van der Waals surface area contributed by atoms with Crippen LogP contribution in [0.15, 0.2) is 91.4 Å². The molecule has 33 heavy (non-hydrogen) atoms. The lowest BCUT2D eigenvalue weighted by atomic mass is 10.1. The fourth-order valence-corrected chi connectivity index (χ4v) is 3.62. The molecule has 1 amide bonds. The maximum absolute atomic E-state index is 12.5. The monoisotopic (exact) mass is 434 g/mol. The molecule has 0 aliphatic carbocycles. The summed E-state index contributed by atoms with van der Waals surface area (Å²) >= 11 is 0. The maximum atomic E-state index is 12.5. The van der Waals surface area contributed by atoms with Gasteiger partial charge in [0.1, 0.15) is 11.5 Å². The van der Waals surface area contributed by atoms with Crippen LogP contribution in [0.4, 0.5) is 0 Å². The van der Waals surface area contributed by atoms with E-state index in [4.69, 9.17) is 5.10 Å². The Morgan fingerprint density at radius 3 is 2.70 bits per heavy atom. The number of hydrogen-bond donors (Lipinski definition) is 2. The first-order valence-electron chi connectivity index (χ1n) is 10.7. The Bertz CT molecular complexity index is 1370. The third-order valence-electron chi connectivity index (χ3n) is 5.20. The van der Waals surface area contributed by atoms with Crippen LogP contribution in [0.2, 0.25) is 0 Å². The molecule has 7 nitrogen and oxygen atoms in total. The van der Waals surface area contributed by atoms with E-state index in [1.54, 1.807) is 18.5 Å². The first-order valence-corrected chi connectivity index (χ1v) is 10.7. The van der Waals surface area contributed by atoms with Crippen LogP contribution >= 0.6 is 0 Å². The van der Waals surface area contributed by atoms with Crippen molar-refractivity contribution in [3.63, 3.8) is 0 Å². The Morgan fingerprint density at radius 2 is 1.88 bits per heavy atom. The number of carbonyl (C=O) groups is 1. The summed E-state index contributed by atoms with van der Waals surface area (Å²) in [5.74, 6) is 0.507. The summed E-state index contributed by atoms with van der Waals surface area (Å²) in [6, 6.07) is 21.7. The van der Waals surface area contributed by atoms with Crippen molar-refractivity contribution in [2.45, 2.75) is 13.1 Å². The van der Waals surface area contributed by atoms with Crippen LogP contribution in [-0.2, 0) is 17.9 Å². The lowest BCUT2D eigenvalue weighted by Crippen LogP contribution is -2.20. The zero-order valence-corrected chi connectivity index (χ0v) is 17.8. The number of aromatic amines is 1. The smallest absolute Gasteiger partial charge is 0.244 e. The Hall–Kier alpha value is -4.52. The summed E-state index contributed by atoms with van der Waals surface area (Å²) in [5, 5.41) is 7.63. The Kier molecular flexibility index (Phi) is 5.75. The Morgan fingerprint density at radius 1 is 1.03 bits per heavy atom. The van der Waals surface area contributed by atoms with Gasteiger partial charge in [0, 0.05) is 35.8 Å². The molecular weight excluding hydrogens is 412 g/mol. The lowest BCUT2D eigenvalue weighted by Gasteiger charge is -2.01. The summed E-state index contributed by atoms with van der Waals surface area (Å²) < 4.78 is 1.88. The number of benzene rings is 2. The maximum Gasteiger partial charge on any atom is 0.244 e. The molecule has 0 saturated heterocycles. The molecule has 7 heteroatoms. The molecule has 2 aromatic carbocycles. The molecule has 0 aliphatic rings. The van der Waals surface area contributed by atoms with E-state index in [2.05, 4.69) is 32.4 Å². The number of amides is 1. The van der Waals surface area contributed by atoms with Gasteiger partial charge in [-0.05, 0) is 35.9 Å². The first kappa shape index (κ1) is 20.4. The number of rotatable bonds is 7. The highest BCUT2D eigenvalue weighted by molar-refractivity contribution is 5.92. The molecule has 3 aromatic heterocycles. The zero-order chi connectivity index (χ0) is 22.5. The fourth-order valence-electron chi connectivity index (χ4n) is 3.62. The van der Waals surface area contributed by atoms with Crippen molar-refractivity contribution in [3.05, 3.63) is 108 Å². The van der Waals surface area contributed by atoms with Crippen LogP contribution < -0.4 is 5.32 Å². The van der Waals surface area contributed by atoms with E-state index >= 15 is 0 Å². The summed E-state index contributed by atoms with van der Waals surface area (Å²) in [6.45, 7) is 0.959. The molecule has 0 bridgehead atoms. The SMILES string of the molecule is O=C(/C=C/c1cn(Cc2ccccc2)nc1-c1cccnc1)NCc1nc2ccccc2[nH]1. The zero-order valence-electron chi connectivity index (χ0n) is 17.8. The predicted octanol–water partition coefficient (Wildman–Crippen LogP) is 4.20. The number of H-pyrrole nitrogens is 1. The van der Waals surface area contributed by atoms with Gasteiger partial charge >= 0.3 is 0 Å². The molecular formula is C26H22N6O. The molecule has 162 valence electrons. The lowest BCUT2D eigenvalue weighted by molar-refractivity contribution is -0.116. The Labute approximate surface area is 190 Å². The molecule has 0 radical (unpaired) electrons. The third-order valence-corrected chi connectivity index (χ3v) is 5.20. The van der Waals surface area contributed by atoms with Gasteiger partial charge in [-0.2, -0.15) is 5.10 Å². The quantitative estimate of drug-likeness (QED) is 0.376. The molecule has 0 unspecified atom stereocenters. The van der Waals surface area contributed by atoms with E-state index in [1.807, 2.05) is 65.5 Å². The van der Waals surface area contributed by atoms with Crippen molar-refractivity contribution in [2.75, 3.05) is 0 Å². The molecule has 5 rings (SSSR count). The standard InChI is InChI=1S/C26H22N6O/c33-25(28-16-24-29-22-10-4-5-11-23(22)30-24)13-12-21-18-32(17-19-7-2-1-3-8-19)31-26(21)20-9-6-14-27-15-20/h1-15,18H,16-17H2,(H,28,33)(H,29,30)/b13-12+. The minimum absolute atomic E-state index is 0.205. The summed E-state index contributed by atoms with van der Waals surface area (Å²) in [5.41, 5.74) is 5.50. The first-order chi connectivity index (χ1) is 16.2. The summed E-state index contributed by atoms with van der Waals surface area (Å²) in [4.78, 5) is 24.4. The molecule has 0 aliphatic heterocycles. The minimum atomic E-state index is -0.205. The molecule has 0 fully saturated rings. The predicted molar refractivity (Wildman–Crippen MR) is 128 cm³/mol. The average molecular weight is 435 g/mol. The second-order valence-corrected chi connectivity index (χ2v) is 7.61. The van der Waals surface area contributed by atoms with Gasteiger partial charge in [-0.3, -0.25) is 14.5 Å². The number of carbonyl (C=O) groups excluding carboxylic acids is 1. The fraction of sp³-hybridized carbons (Fsp3) is 0.0769. The Balaban J connectivity index is 1.32. The minimum Gasteiger partial charge on any atom is -0.345 e. The van der Waals surface area contributed by atoms with E-state index in [0.29, 0.717) is 18.9 Å². The van der Waals surface area contributed by atoms with Crippen LogP contribution in [0.1, 0.15) is 17.0 Å². The number of fused-ring (bicyclic) bond motifs is 1. The number of hydrogen-bond acceptors (Lipinski definition) is 4. The van der Waals surface area contributed by atoms with Gasteiger partial charge < -0.3 is 10.3 Å². The van der Waals surface area contributed by atoms with Gasteiger partial charge in [0.2, 0.25) is 5.91 Å². The summed E-state index contributed by atoms with van der Waals surface area (Å²) in [6.07, 6.45) is 8.75. The van der Waals surface area contributed by atoms with Crippen molar-refractivity contribution < 1.29 is 4.79 Å². The van der Waals surface area contributed by atoms with Crippen molar-refractivity contribution in [3.8, 4) is 11.3 Å². The number of imidazole rings is 1. The van der Waals surface area contributed by atoms with Gasteiger partial charge in [-0.15, -0.1) is 0 Å². The number of pyridine rings is 1. The van der Waals surface area contributed by atoms with Gasteiger partial charge in [0.25, 0.3) is 0 Å². The van der Waals surface area contributed by atoms with Crippen LogP contribution in [0.5, 0.6) is 0 Å². The van der Waals surface area contributed by atoms with Crippen LogP contribution in [0, 0.1) is 0 Å². The highest BCUT2D eigenvalue weighted by Gasteiger charge is 2.11. The molecule has 0 saturated carbocycles. The normalized spacial score (nSPS) is 11.3. The molecule has 2 N–H and O–H groups in total. The number of aromatic nitrogens is 5. The van der Waals surface area contributed by atoms with Crippen LogP contribution in [0.25, 0.3) is 28.4 Å². The highest BCUT2D eigenvalue weighted by atomic mass is 16.1. The molecule has 3 heterocycles. The van der Waals surface area contributed by atoms with Crippen molar-refractivity contribution in [2.24, 2.45) is 0 Å². The van der Waals surface area contributed by atoms with Gasteiger partial charge in [0.05, 0.1) is 24.1 Å². The largest absolute Gasteiger partial charge is 0.345 e. The van der Waals surface area contributed by atoms with E-state index in [1.165, 1.54) is 6.08 Å².